The number of aromatic nitrogens is 2. The van der Waals surface area contributed by atoms with E-state index in [0.29, 0.717) is 5.69 Å². The average molecular weight is 283 g/mol. The summed E-state index contributed by atoms with van der Waals surface area (Å²) in [6, 6.07) is 4.42. The Bertz CT molecular complexity index is 651. The number of carboxylic acids is 1. The molecule has 2 N–H and O–H groups in total. The lowest BCUT2D eigenvalue weighted by Gasteiger charge is -2.10. The number of phenols is 1. The number of halogens is 1. The molecule has 0 saturated heterocycles. The molecule has 6 nitrogen and oxygen atoms in total. The standard InChI is InChI=1S/C12H11ClN2O4/c1-15-8(5-7(14-15)12(17)18)10-6(13)3-4-9(19-2)11(10)16/h3-5,16H,1-2H3,(H,17,18). The predicted octanol–water partition coefficient (Wildman–Crippen LogP) is 2.15. The van der Waals surface area contributed by atoms with Crippen LogP contribution in [0.1, 0.15) is 10.5 Å². The number of benzene rings is 1. The lowest BCUT2D eigenvalue weighted by atomic mass is 10.1. The Labute approximate surface area is 113 Å². The Kier molecular flexibility index (Phi) is 3.35. The van der Waals surface area contributed by atoms with Crippen molar-refractivity contribution in [3.05, 3.63) is 28.9 Å². The highest BCUT2D eigenvalue weighted by Gasteiger charge is 2.20. The van der Waals surface area contributed by atoms with Gasteiger partial charge in [0.2, 0.25) is 0 Å². The first-order valence-corrected chi connectivity index (χ1v) is 5.66. The van der Waals surface area contributed by atoms with Crippen LogP contribution in [0.3, 0.4) is 0 Å². The van der Waals surface area contributed by atoms with Crippen molar-refractivity contribution in [2.75, 3.05) is 7.11 Å². The summed E-state index contributed by atoms with van der Waals surface area (Å²) in [6.07, 6.45) is 0. The van der Waals surface area contributed by atoms with Gasteiger partial charge in [-0.25, -0.2) is 4.79 Å². The van der Waals surface area contributed by atoms with Gasteiger partial charge in [-0.1, -0.05) is 11.6 Å². The minimum absolute atomic E-state index is 0.129. The molecule has 0 aliphatic carbocycles. The summed E-state index contributed by atoms with van der Waals surface area (Å²) < 4.78 is 6.34. The first kappa shape index (κ1) is 13.2. The first-order chi connectivity index (χ1) is 8.95. The van der Waals surface area contributed by atoms with Crippen LogP contribution in [-0.2, 0) is 7.05 Å². The molecule has 0 aliphatic rings. The van der Waals surface area contributed by atoms with E-state index in [4.69, 9.17) is 21.4 Å². The van der Waals surface area contributed by atoms with Gasteiger partial charge in [0, 0.05) is 7.05 Å². The number of carboxylic acid groups (broad SMARTS) is 1. The van der Waals surface area contributed by atoms with Crippen LogP contribution in [0, 0.1) is 0 Å². The molecule has 0 unspecified atom stereocenters. The molecule has 0 aliphatic heterocycles. The van der Waals surface area contributed by atoms with Crippen molar-refractivity contribution in [1.82, 2.24) is 9.78 Å². The first-order valence-electron chi connectivity index (χ1n) is 5.29. The zero-order valence-corrected chi connectivity index (χ0v) is 11.0. The summed E-state index contributed by atoms with van der Waals surface area (Å²) >= 11 is 6.05. The Morgan fingerprint density at radius 2 is 2.16 bits per heavy atom. The van der Waals surface area contributed by atoms with Crippen LogP contribution in [0.25, 0.3) is 11.3 Å². The van der Waals surface area contributed by atoms with E-state index in [2.05, 4.69) is 5.10 Å². The van der Waals surface area contributed by atoms with Gasteiger partial charge in [0.15, 0.2) is 17.2 Å². The van der Waals surface area contributed by atoms with E-state index in [-0.39, 0.29) is 27.8 Å². The molecular weight excluding hydrogens is 272 g/mol. The number of nitrogens with zero attached hydrogens (tertiary/aromatic N) is 2. The molecule has 19 heavy (non-hydrogen) atoms. The molecule has 0 amide bonds. The molecule has 0 bridgehead atoms. The van der Waals surface area contributed by atoms with Gasteiger partial charge < -0.3 is 14.9 Å². The van der Waals surface area contributed by atoms with Crippen molar-refractivity contribution in [1.29, 1.82) is 0 Å². The third kappa shape index (κ3) is 2.22. The Morgan fingerprint density at radius 1 is 1.47 bits per heavy atom. The maximum atomic E-state index is 10.9. The van der Waals surface area contributed by atoms with Gasteiger partial charge >= 0.3 is 5.97 Å². The van der Waals surface area contributed by atoms with E-state index < -0.39 is 5.97 Å². The van der Waals surface area contributed by atoms with Gasteiger partial charge in [0.25, 0.3) is 0 Å². The van der Waals surface area contributed by atoms with Crippen molar-refractivity contribution >= 4 is 17.6 Å². The molecule has 0 fully saturated rings. The van der Waals surface area contributed by atoms with Gasteiger partial charge in [-0.2, -0.15) is 5.10 Å². The van der Waals surface area contributed by atoms with Gasteiger partial charge in [0.1, 0.15) is 0 Å². The van der Waals surface area contributed by atoms with Gasteiger partial charge in [-0.05, 0) is 18.2 Å². The van der Waals surface area contributed by atoms with Crippen LogP contribution in [0.4, 0.5) is 0 Å². The van der Waals surface area contributed by atoms with Gasteiger partial charge in [0.05, 0.1) is 23.4 Å². The quantitative estimate of drug-likeness (QED) is 0.901. The van der Waals surface area contributed by atoms with E-state index in [1.165, 1.54) is 23.9 Å². The van der Waals surface area contributed by atoms with E-state index in [0.717, 1.165) is 0 Å². The number of carbonyl (C=O) groups is 1. The molecule has 2 rings (SSSR count). The zero-order chi connectivity index (χ0) is 14.2. The average Bonchev–Trinajstić information content (AvgIpc) is 2.72. The zero-order valence-electron chi connectivity index (χ0n) is 10.2. The number of hydrogen-bond donors (Lipinski definition) is 2. The largest absolute Gasteiger partial charge is 0.504 e. The summed E-state index contributed by atoms with van der Waals surface area (Å²) in [4.78, 5) is 10.9. The van der Waals surface area contributed by atoms with Crippen molar-refractivity contribution in [3.63, 3.8) is 0 Å². The molecule has 7 heteroatoms. The van der Waals surface area contributed by atoms with Crippen LogP contribution in [0.15, 0.2) is 18.2 Å². The maximum absolute atomic E-state index is 10.9. The minimum Gasteiger partial charge on any atom is -0.504 e. The molecule has 0 spiro atoms. The Morgan fingerprint density at radius 3 is 2.68 bits per heavy atom. The topological polar surface area (TPSA) is 84.6 Å². The normalized spacial score (nSPS) is 10.5. The number of rotatable bonds is 3. The molecule has 0 atom stereocenters. The van der Waals surface area contributed by atoms with Crippen LogP contribution in [0.5, 0.6) is 11.5 Å². The molecule has 1 aromatic carbocycles. The monoisotopic (exact) mass is 282 g/mol. The highest BCUT2D eigenvalue weighted by atomic mass is 35.5. The third-order valence-corrected chi connectivity index (χ3v) is 2.98. The van der Waals surface area contributed by atoms with Crippen LogP contribution < -0.4 is 4.74 Å². The summed E-state index contributed by atoms with van der Waals surface area (Å²) in [6.45, 7) is 0. The molecule has 0 saturated carbocycles. The highest BCUT2D eigenvalue weighted by molar-refractivity contribution is 6.33. The van der Waals surface area contributed by atoms with Crippen LogP contribution in [0.2, 0.25) is 5.02 Å². The third-order valence-electron chi connectivity index (χ3n) is 2.67. The number of phenolic OH excluding ortho intramolecular Hbond substituents is 1. The number of methoxy groups -OCH3 is 1. The highest BCUT2D eigenvalue weighted by Crippen LogP contribution is 2.41. The van der Waals surface area contributed by atoms with E-state index in [9.17, 15) is 9.90 Å². The fourth-order valence-corrected chi connectivity index (χ4v) is 2.01. The molecule has 1 heterocycles. The number of aryl methyl sites for hydroxylation is 1. The predicted molar refractivity (Wildman–Crippen MR) is 68.8 cm³/mol. The number of hydrogen-bond acceptors (Lipinski definition) is 4. The lowest BCUT2D eigenvalue weighted by molar-refractivity contribution is 0.0689. The molecular formula is C12H11ClN2O4. The fraction of sp³-hybridized carbons (Fsp3) is 0.167. The van der Waals surface area contributed by atoms with Gasteiger partial charge in [-0.15, -0.1) is 0 Å². The van der Waals surface area contributed by atoms with Crippen molar-refractivity contribution in [2.24, 2.45) is 7.05 Å². The van der Waals surface area contributed by atoms with Crippen LogP contribution in [-0.4, -0.2) is 33.1 Å². The second kappa shape index (κ2) is 4.81. The van der Waals surface area contributed by atoms with Gasteiger partial charge in [-0.3, -0.25) is 4.68 Å². The number of aromatic hydroxyl groups is 1. The van der Waals surface area contributed by atoms with Crippen molar-refractivity contribution in [2.45, 2.75) is 0 Å². The number of aromatic carboxylic acids is 1. The van der Waals surface area contributed by atoms with E-state index in [1.807, 2.05) is 0 Å². The molecule has 1 aromatic heterocycles. The molecule has 2 aromatic rings. The second-order valence-corrected chi connectivity index (χ2v) is 4.22. The van der Waals surface area contributed by atoms with Crippen molar-refractivity contribution < 1.29 is 19.7 Å². The lowest BCUT2D eigenvalue weighted by Crippen LogP contribution is -1.99. The summed E-state index contributed by atoms with van der Waals surface area (Å²) in [5, 5.41) is 23.1. The SMILES string of the molecule is COc1ccc(Cl)c(-c2cc(C(=O)O)nn2C)c1O. The minimum atomic E-state index is -1.15. The maximum Gasteiger partial charge on any atom is 0.356 e. The fourth-order valence-electron chi connectivity index (χ4n) is 1.76. The second-order valence-electron chi connectivity index (χ2n) is 3.82. The smallest absolute Gasteiger partial charge is 0.356 e. The summed E-state index contributed by atoms with van der Waals surface area (Å²) in [7, 11) is 2.98. The Hall–Kier alpha value is -2.21. The Balaban J connectivity index is 2.68. The van der Waals surface area contributed by atoms with E-state index >= 15 is 0 Å². The van der Waals surface area contributed by atoms with Crippen LogP contribution >= 0.6 is 11.6 Å². The summed E-state index contributed by atoms with van der Waals surface area (Å²) in [5.74, 6) is -1.06. The van der Waals surface area contributed by atoms with Crippen molar-refractivity contribution in [3.8, 4) is 22.8 Å². The molecule has 100 valence electrons. The number of ether oxygens (including phenoxy) is 1. The summed E-state index contributed by atoms with van der Waals surface area (Å²) in [5.41, 5.74) is 0.540. The van der Waals surface area contributed by atoms with E-state index in [1.54, 1.807) is 13.1 Å². The molecule has 0 radical (unpaired) electrons.